The molecule has 7 heteroatoms. The number of fused-ring (bicyclic) bond motifs is 2. The van der Waals surface area contributed by atoms with Crippen LogP contribution in [0.5, 0.6) is 0 Å². The van der Waals surface area contributed by atoms with Gasteiger partial charge in [0.15, 0.2) is 0 Å². The number of likely N-dealkylation sites (tertiary alicyclic amines) is 1. The topological polar surface area (TPSA) is 78.1 Å². The molecule has 31 heavy (non-hydrogen) atoms. The van der Waals surface area contributed by atoms with E-state index in [0.717, 1.165) is 40.2 Å². The predicted octanol–water partition coefficient (Wildman–Crippen LogP) is 4.45. The van der Waals surface area contributed by atoms with Gasteiger partial charge in [0.25, 0.3) is 5.91 Å². The Hall–Kier alpha value is -2.67. The van der Waals surface area contributed by atoms with Crippen molar-refractivity contribution in [2.45, 2.75) is 32.2 Å². The summed E-state index contributed by atoms with van der Waals surface area (Å²) in [6.45, 7) is 3.24. The van der Waals surface area contributed by atoms with Gasteiger partial charge in [-0.1, -0.05) is 29.3 Å². The zero-order chi connectivity index (χ0) is 21.6. The molecule has 2 aliphatic rings. The van der Waals surface area contributed by atoms with Crippen LogP contribution in [-0.2, 0) is 4.79 Å². The highest BCUT2D eigenvalue weighted by molar-refractivity contribution is 9.10. The maximum absolute atomic E-state index is 13.3. The Kier molecular flexibility index (Phi) is 5.08. The standard InChI is InChI=1S/C24H25BrN4O2/c1-2-3-20(15-6-8-26-9-7-15)28-23(31)24-11-16(24)13-29(14-24)22(30)19-12-27-21-5-4-17(25)10-18(19)21/h4-10,12,16,20,27H,2-3,11,13-14H2,1H3,(H,28,31)/t16-,20?,24-/m1/s1. The molecule has 2 fully saturated rings. The van der Waals surface area contributed by atoms with Gasteiger partial charge in [-0.2, -0.15) is 0 Å². The van der Waals surface area contributed by atoms with Crippen LogP contribution in [0.4, 0.5) is 0 Å². The molecule has 1 saturated heterocycles. The van der Waals surface area contributed by atoms with Crippen LogP contribution in [0.25, 0.3) is 10.9 Å². The Bertz CT molecular complexity index is 1140. The first-order chi connectivity index (χ1) is 15.0. The van der Waals surface area contributed by atoms with Gasteiger partial charge in [0, 0.05) is 47.1 Å². The number of benzene rings is 1. The first-order valence-corrected chi connectivity index (χ1v) is 11.6. The minimum absolute atomic E-state index is 0.0111. The predicted molar refractivity (Wildman–Crippen MR) is 122 cm³/mol. The highest BCUT2D eigenvalue weighted by Crippen LogP contribution is 2.58. The van der Waals surface area contributed by atoms with Crippen molar-refractivity contribution in [3.8, 4) is 0 Å². The molecule has 3 atom stereocenters. The van der Waals surface area contributed by atoms with Gasteiger partial charge in [-0.25, -0.2) is 0 Å². The zero-order valence-electron chi connectivity index (χ0n) is 17.4. The van der Waals surface area contributed by atoms with Crippen molar-refractivity contribution in [1.82, 2.24) is 20.2 Å². The number of piperidine rings is 1. The molecule has 3 aromatic rings. The highest BCUT2D eigenvalue weighted by Gasteiger charge is 2.65. The summed E-state index contributed by atoms with van der Waals surface area (Å²) < 4.78 is 0.937. The van der Waals surface area contributed by atoms with E-state index in [9.17, 15) is 9.59 Å². The molecule has 1 saturated carbocycles. The number of amides is 2. The van der Waals surface area contributed by atoms with E-state index in [0.29, 0.717) is 18.7 Å². The Morgan fingerprint density at radius 3 is 2.90 bits per heavy atom. The average molecular weight is 481 g/mol. The summed E-state index contributed by atoms with van der Waals surface area (Å²) in [5.74, 6) is 0.306. The number of pyridine rings is 1. The third-order valence-electron chi connectivity index (χ3n) is 6.75. The molecule has 1 unspecified atom stereocenters. The molecule has 0 spiro atoms. The third-order valence-corrected chi connectivity index (χ3v) is 7.24. The number of halogens is 1. The lowest BCUT2D eigenvalue weighted by molar-refractivity contribution is -0.127. The summed E-state index contributed by atoms with van der Waals surface area (Å²) in [7, 11) is 0. The van der Waals surface area contributed by atoms with Crippen molar-refractivity contribution in [3.05, 3.63) is 64.5 Å². The van der Waals surface area contributed by atoms with E-state index in [1.165, 1.54) is 0 Å². The van der Waals surface area contributed by atoms with Crippen molar-refractivity contribution in [1.29, 1.82) is 0 Å². The number of H-pyrrole nitrogens is 1. The van der Waals surface area contributed by atoms with Crippen molar-refractivity contribution in [2.75, 3.05) is 13.1 Å². The van der Waals surface area contributed by atoms with E-state index in [-0.39, 0.29) is 23.8 Å². The summed E-state index contributed by atoms with van der Waals surface area (Å²) in [5.41, 5.74) is 2.23. The Morgan fingerprint density at radius 2 is 2.13 bits per heavy atom. The van der Waals surface area contributed by atoms with Gasteiger partial charge in [0.2, 0.25) is 5.91 Å². The molecule has 2 amide bonds. The van der Waals surface area contributed by atoms with Gasteiger partial charge >= 0.3 is 0 Å². The zero-order valence-corrected chi connectivity index (χ0v) is 19.0. The molecule has 2 N–H and O–H groups in total. The number of hydrogen-bond donors (Lipinski definition) is 2. The summed E-state index contributed by atoms with van der Waals surface area (Å²) >= 11 is 3.49. The highest BCUT2D eigenvalue weighted by atomic mass is 79.9. The van der Waals surface area contributed by atoms with Gasteiger partial charge in [0.1, 0.15) is 0 Å². The second-order valence-electron chi connectivity index (χ2n) is 8.73. The monoisotopic (exact) mass is 480 g/mol. The number of nitrogens with one attached hydrogen (secondary N) is 2. The number of carbonyl (C=O) groups excluding carboxylic acids is 2. The van der Waals surface area contributed by atoms with Crippen LogP contribution in [0, 0.1) is 11.3 Å². The van der Waals surface area contributed by atoms with Crippen LogP contribution in [0.2, 0.25) is 0 Å². The molecule has 1 aliphatic heterocycles. The van der Waals surface area contributed by atoms with E-state index in [4.69, 9.17) is 0 Å². The first-order valence-electron chi connectivity index (χ1n) is 10.8. The van der Waals surface area contributed by atoms with E-state index < -0.39 is 5.41 Å². The van der Waals surface area contributed by atoms with E-state index in [1.807, 2.05) is 35.2 Å². The minimum atomic E-state index is -0.443. The summed E-state index contributed by atoms with van der Waals surface area (Å²) in [6, 6.07) is 9.77. The molecule has 5 rings (SSSR count). The Balaban J connectivity index is 1.32. The quantitative estimate of drug-likeness (QED) is 0.547. The van der Waals surface area contributed by atoms with Gasteiger partial charge in [0.05, 0.1) is 17.0 Å². The van der Waals surface area contributed by atoms with Crippen LogP contribution in [0.15, 0.2) is 53.4 Å². The number of carbonyl (C=O) groups is 2. The maximum Gasteiger partial charge on any atom is 0.256 e. The van der Waals surface area contributed by atoms with Crippen molar-refractivity contribution < 1.29 is 9.59 Å². The van der Waals surface area contributed by atoms with E-state index in [2.05, 4.69) is 38.1 Å². The van der Waals surface area contributed by atoms with Crippen LogP contribution in [0.3, 0.4) is 0 Å². The molecule has 0 bridgehead atoms. The Morgan fingerprint density at radius 1 is 1.32 bits per heavy atom. The van der Waals surface area contributed by atoms with Gasteiger partial charge < -0.3 is 15.2 Å². The lowest BCUT2D eigenvalue weighted by atomic mass is 10.00. The smallest absolute Gasteiger partial charge is 0.256 e. The minimum Gasteiger partial charge on any atom is -0.360 e. The largest absolute Gasteiger partial charge is 0.360 e. The van der Waals surface area contributed by atoms with Crippen LogP contribution in [0.1, 0.15) is 48.1 Å². The fourth-order valence-electron chi connectivity index (χ4n) is 4.94. The lowest BCUT2D eigenvalue weighted by Gasteiger charge is -2.24. The normalized spacial score (nSPS) is 22.9. The molecule has 1 aromatic carbocycles. The molecule has 2 aromatic heterocycles. The van der Waals surface area contributed by atoms with E-state index in [1.54, 1.807) is 18.6 Å². The second kappa shape index (κ2) is 7.79. The Labute approximate surface area is 189 Å². The molecular weight excluding hydrogens is 456 g/mol. The number of nitrogens with zero attached hydrogens (tertiary/aromatic N) is 2. The fourth-order valence-corrected chi connectivity index (χ4v) is 5.30. The van der Waals surface area contributed by atoms with Gasteiger partial charge in [-0.15, -0.1) is 0 Å². The molecule has 160 valence electrons. The summed E-state index contributed by atoms with van der Waals surface area (Å²) in [5, 5.41) is 4.17. The van der Waals surface area contributed by atoms with Gasteiger partial charge in [-0.05, 0) is 54.7 Å². The number of aromatic nitrogens is 2. The third kappa shape index (κ3) is 3.55. The van der Waals surface area contributed by atoms with Crippen molar-refractivity contribution >= 4 is 38.6 Å². The SMILES string of the molecule is CCCC(NC(=O)[C@@]12C[C@@H]1CN(C(=O)c1c[nH]c3ccc(Br)cc13)C2)c1ccncc1. The lowest BCUT2D eigenvalue weighted by Crippen LogP contribution is -2.40. The summed E-state index contributed by atoms with van der Waals surface area (Å²) in [4.78, 5) is 35.7. The second-order valence-corrected chi connectivity index (χ2v) is 9.65. The molecular formula is C24H25BrN4O2. The molecule has 3 heterocycles. The van der Waals surface area contributed by atoms with Crippen LogP contribution < -0.4 is 5.32 Å². The van der Waals surface area contributed by atoms with E-state index >= 15 is 0 Å². The average Bonchev–Trinajstić information content (AvgIpc) is 3.14. The summed E-state index contributed by atoms with van der Waals surface area (Å²) in [6.07, 6.45) is 8.01. The first kappa shape index (κ1) is 20.2. The van der Waals surface area contributed by atoms with Crippen molar-refractivity contribution in [2.24, 2.45) is 11.3 Å². The fraction of sp³-hybridized carbons (Fsp3) is 0.375. The number of aromatic amines is 1. The maximum atomic E-state index is 13.3. The number of hydrogen-bond acceptors (Lipinski definition) is 3. The van der Waals surface area contributed by atoms with Crippen LogP contribution in [-0.4, -0.2) is 39.8 Å². The van der Waals surface area contributed by atoms with Crippen LogP contribution >= 0.6 is 15.9 Å². The number of rotatable bonds is 6. The van der Waals surface area contributed by atoms with Crippen molar-refractivity contribution in [3.63, 3.8) is 0 Å². The molecule has 0 radical (unpaired) electrons. The molecule has 6 nitrogen and oxygen atoms in total. The molecule has 1 aliphatic carbocycles. The van der Waals surface area contributed by atoms with Gasteiger partial charge in [-0.3, -0.25) is 14.6 Å².